The Morgan fingerprint density at radius 3 is 2.69 bits per heavy atom. The van der Waals surface area contributed by atoms with Crippen molar-refractivity contribution in [2.75, 3.05) is 0 Å². The maximum atomic E-state index is 5.88. The number of benzene rings is 1. The Morgan fingerprint density at radius 2 is 1.88 bits per heavy atom. The first kappa shape index (κ1) is 9.43. The number of halogens is 1. The minimum atomic E-state index is 0.754. The van der Waals surface area contributed by atoms with Crippen LogP contribution in [-0.2, 0) is 0 Å². The van der Waals surface area contributed by atoms with Crippen molar-refractivity contribution in [3.8, 4) is 11.1 Å². The van der Waals surface area contributed by atoms with Crippen LogP contribution < -0.4 is 0 Å². The van der Waals surface area contributed by atoms with Gasteiger partial charge < -0.3 is 4.40 Å². The van der Waals surface area contributed by atoms with Crippen LogP contribution in [0.25, 0.3) is 16.6 Å². The zero-order valence-corrected chi connectivity index (χ0v) is 9.22. The minimum Gasteiger partial charge on any atom is -0.306 e. The number of imidazole rings is 1. The lowest BCUT2D eigenvalue weighted by molar-refractivity contribution is 1.15. The predicted octanol–water partition coefficient (Wildman–Crippen LogP) is 3.65. The summed E-state index contributed by atoms with van der Waals surface area (Å²) >= 11 is 5.88. The number of pyridine rings is 1. The smallest absolute Gasteiger partial charge is 0.0992 e. The van der Waals surface area contributed by atoms with E-state index in [1.165, 1.54) is 0 Å². The zero-order valence-electron chi connectivity index (χ0n) is 8.47. The van der Waals surface area contributed by atoms with E-state index >= 15 is 0 Å². The normalized spacial score (nSPS) is 10.8. The third kappa shape index (κ3) is 1.48. The first-order valence-corrected chi connectivity index (χ1v) is 5.39. The van der Waals surface area contributed by atoms with Crippen molar-refractivity contribution in [3.05, 3.63) is 60.1 Å². The van der Waals surface area contributed by atoms with Gasteiger partial charge in [-0.3, -0.25) is 0 Å². The van der Waals surface area contributed by atoms with Gasteiger partial charge in [-0.15, -0.1) is 0 Å². The van der Waals surface area contributed by atoms with Gasteiger partial charge in [0.05, 0.1) is 18.0 Å². The van der Waals surface area contributed by atoms with Gasteiger partial charge in [0.1, 0.15) is 0 Å². The van der Waals surface area contributed by atoms with E-state index < -0.39 is 0 Å². The Balaban J connectivity index is 2.25. The molecule has 0 spiro atoms. The molecule has 0 N–H and O–H groups in total. The lowest BCUT2D eigenvalue weighted by Gasteiger charge is -2.04. The highest BCUT2D eigenvalue weighted by Crippen LogP contribution is 2.25. The molecule has 0 unspecified atom stereocenters. The van der Waals surface area contributed by atoms with E-state index in [1.54, 1.807) is 6.33 Å². The lowest BCUT2D eigenvalue weighted by atomic mass is 10.1. The molecule has 2 nitrogen and oxygen atoms in total. The van der Waals surface area contributed by atoms with E-state index in [-0.39, 0.29) is 0 Å². The molecule has 2 aromatic heterocycles. The zero-order chi connectivity index (χ0) is 11.0. The molecule has 0 aliphatic carbocycles. The first-order chi connectivity index (χ1) is 7.84. The predicted molar refractivity (Wildman–Crippen MR) is 65.6 cm³/mol. The van der Waals surface area contributed by atoms with Crippen LogP contribution in [0.3, 0.4) is 0 Å². The molecular formula is C13H9ClN2. The van der Waals surface area contributed by atoms with Gasteiger partial charge in [-0.1, -0.05) is 29.8 Å². The van der Waals surface area contributed by atoms with Crippen LogP contribution in [-0.4, -0.2) is 9.38 Å². The topological polar surface area (TPSA) is 17.3 Å². The van der Waals surface area contributed by atoms with Crippen molar-refractivity contribution in [1.29, 1.82) is 0 Å². The molecule has 0 aliphatic heterocycles. The van der Waals surface area contributed by atoms with Gasteiger partial charge in [-0.05, 0) is 23.8 Å². The Morgan fingerprint density at radius 1 is 1.06 bits per heavy atom. The van der Waals surface area contributed by atoms with Crippen LogP contribution in [0.15, 0.2) is 55.1 Å². The summed E-state index contributed by atoms with van der Waals surface area (Å²) in [6.45, 7) is 0. The average Bonchev–Trinajstić information content (AvgIpc) is 2.78. The van der Waals surface area contributed by atoms with Crippen molar-refractivity contribution in [2.24, 2.45) is 0 Å². The Labute approximate surface area is 98.1 Å². The monoisotopic (exact) mass is 228 g/mol. The van der Waals surface area contributed by atoms with Crippen LogP contribution in [0.1, 0.15) is 0 Å². The van der Waals surface area contributed by atoms with Crippen LogP contribution >= 0.6 is 11.6 Å². The maximum absolute atomic E-state index is 5.88. The molecule has 2 heterocycles. The summed E-state index contributed by atoms with van der Waals surface area (Å²) in [5.41, 5.74) is 3.41. The second-order valence-electron chi connectivity index (χ2n) is 3.61. The van der Waals surface area contributed by atoms with Crippen LogP contribution in [0, 0.1) is 0 Å². The molecule has 3 heteroatoms. The summed E-state index contributed by atoms with van der Waals surface area (Å²) in [5.74, 6) is 0. The standard InChI is InChI=1S/C13H9ClN2/c14-11-5-3-10(4-6-11)12-2-1-7-16-9-15-8-13(12)16/h1-9H. The lowest BCUT2D eigenvalue weighted by Crippen LogP contribution is -1.85. The maximum Gasteiger partial charge on any atom is 0.0992 e. The van der Waals surface area contributed by atoms with Gasteiger partial charge in [0.25, 0.3) is 0 Å². The third-order valence-corrected chi connectivity index (χ3v) is 2.86. The fourth-order valence-corrected chi connectivity index (χ4v) is 1.95. The summed E-state index contributed by atoms with van der Waals surface area (Å²) < 4.78 is 2.00. The molecule has 3 aromatic rings. The van der Waals surface area contributed by atoms with Gasteiger partial charge in [0.15, 0.2) is 0 Å². The van der Waals surface area contributed by atoms with E-state index in [2.05, 4.69) is 11.1 Å². The summed E-state index contributed by atoms with van der Waals surface area (Å²) in [6.07, 6.45) is 5.65. The Bertz CT molecular complexity index is 626. The average molecular weight is 229 g/mol. The molecule has 0 saturated carbocycles. The molecule has 1 aromatic carbocycles. The van der Waals surface area contributed by atoms with Gasteiger partial charge in [-0.25, -0.2) is 4.98 Å². The molecule has 3 rings (SSSR count). The van der Waals surface area contributed by atoms with Gasteiger partial charge in [0, 0.05) is 16.8 Å². The van der Waals surface area contributed by atoms with Gasteiger partial charge >= 0.3 is 0 Å². The van der Waals surface area contributed by atoms with Crippen molar-refractivity contribution in [1.82, 2.24) is 9.38 Å². The number of aromatic nitrogens is 2. The summed E-state index contributed by atoms with van der Waals surface area (Å²) in [6, 6.07) is 11.9. The quantitative estimate of drug-likeness (QED) is 0.621. The highest BCUT2D eigenvalue weighted by atomic mass is 35.5. The van der Waals surface area contributed by atoms with Crippen molar-refractivity contribution < 1.29 is 0 Å². The highest BCUT2D eigenvalue weighted by Gasteiger charge is 2.03. The number of nitrogens with zero attached hydrogens (tertiary/aromatic N) is 2. The van der Waals surface area contributed by atoms with Crippen LogP contribution in [0.5, 0.6) is 0 Å². The molecule has 0 saturated heterocycles. The van der Waals surface area contributed by atoms with E-state index in [0.717, 1.165) is 21.7 Å². The number of hydrogen-bond acceptors (Lipinski definition) is 1. The molecule has 0 radical (unpaired) electrons. The molecule has 0 amide bonds. The first-order valence-electron chi connectivity index (χ1n) is 5.01. The van der Waals surface area contributed by atoms with Gasteiger partial charge in [0.2, 0.25) is 0 Å². The second kappa shape index (κ2) is 3.65. The number of rotatable bonds is 1. The summed E-state index contributed by atoms with van der Waals surface area (Å²) in [4.78, 5) is 4.14. The molecule has 0 atom stereocenters. The van der Waals surface area contributed by atoms with Gasteiger partial charge in [-0.2, -0.15) is 0 Å². The van der Waals surface area contributed by atoms with E-state index in [1.807, 2.05) is 47.1 Å². The SMILES string of the molecule is Clc1ccc(-c2cccn3cncc23)cc1. The fraction of sp³-hybridized carbons (Fsp3) is 0. The van der Waals surface area contributed by atoms with E-state index in [4.69, 9.17) is 11.6 Å². The molecule has 0 bridgehead atoms. The second-order valence-corrected chi connectivity index (χ2v) is 4.05. The van der Waals surface area contributed by atoms with Crippen molar-refractivity contribution in [2.45, 2.75) is 0 Å². The molecule has 0 aliphatic rings. The minimum absolute atomic E-state index is 0.754. The van der Waals surface area contributed by atoms with E-state index in [0.29, 0.717) is 0 Å². The third-order valence-electron chi connectivity index (χ3n) is 2.61. The molecule has 0 fully saturated rings. The summed E-state index contributed by atoms with van der Waals surface area (Å²) in [5, 5.41) is 0.754. The molecule has 16 heavy (non-hydrogen) atoms. The number of fused-ring (bicyclic) bond motifs is 1. The van der Waals surface area contributed by atoms with E-state index in [9.17, 15) is 0 Å². The fourth-order valence-electron chi connectivity index (χ4n) is 1.82. The van der Waals surface area contributed by atoms with Crippen LogP contribution in [0.4, 0.5) is 0 Å². The van der Waals surface area contributed by atoms with Crippen molar-refractivity contribution >= 4 is 17.1 Å². The van der Waals surface area contributed by atoms with Crippen LogP contribution in [0.2, 0.25) is 5.02 Å². The Hall–Kier alpha value is -1.80. The summed E-state index contributed by atoms with van der Waals surface area (Å²) in [7, 11) is 0. The Kier molecular flexibility index (Phi) is 2.15. The largest absolute Gasteiger partial charge is 0.306 e. The highest BCUT2D eigenvalue weighted by molar-refractivity contribution is 6.30. The van der Waals surface area contributed by atoms with Crippen molar-refractivity contribution in [3.63, 3.8) is 0 Å². The number of hydrogen-bond donors (Lipinski definition) is 0. The molecular weight excluding hydrogens is 220 g/mol. The molecule has 78 valence electrons.